The Labute approximate surface area is 143 Å². The lowest BCUT2D eigenvalue weighted by atomic mass is 9.99. The average molecular weight is 334 g/mol. The molecule has 1 aliphatic rings. The van der Waals surface area contributed by atoms with Gasteiger partial charge < -0.3 is 5.32 Å². The third-order valence-corrected chi connectivity index (χ3v) is 4.77. The summed E-state index contributed by atoms with van der Waals surface area (Å²) in [6.07, 6.45) is 1.17. The smallest absolute Gasteiger partial charge is 0.255 e. The molecule has 1 aliphatic carbocycles. The van der Waals surface area contributed by atoms with Gasteiger partial charge in [-0.25, -0.2) is 4.98 Å². The Morgan fingerprint density at radius 2 is 1.92 bits per heavy atom. The van der Waals surface area contributed by atoms with Crippen molar-refractivity contribution in [3.63, 3.8) is 0 Å². The number of carbonyl (C=O) groups excluding carboxylic acids is 2. The minimum Gasteiger partial charge on any atom is -0.321 e. The third-order valence-electron chi connectivity index (χ3n) is 4.19. The van der Waals surface area contributed by atoms with Crippen LogP contribution in [0.15, 0.2) is 53.4 Å². The number of anilines is 1. The number of aromatic nitrogens is 1. The van der Waals surface area contributed by atoms with Crippen LogP contribution < -0.4 is 5.32 Å². The number of amides is 1. The summed E-state index contributed by atoms with van der Waals surface area (Å²) in [4.78, 5) is 29.1. The highest BCUT2D eigenvalue weighted by atomic mass is 32.1. The van der Waals surface area contributed by atoms with Gasteiger partial charge in [0.1, 0.15) is 0 Å². The van der Waals surface area contributed by atoms with Crippen molar-refractivity contribution in [1.29, 1.82) is 0 Å². The Hall–Kier alpha value is -2.79. The minimum absolute atomic E-state index is 0.0745. The van der Waals surface area contributed by atoms with Gasteiger partial charge in [0.15, 0.2) is 5.78 Å². The summed E-state index contributed by atoms with van der Waals surface area (Å²) in [7, 11) is 0. The molecule has 1 N–H and O–H groups in total. The van der Waals surface area contributed by atoms with Gasteiger partial charge in [0.2, 0.25) is 0 Å². The van der Waals surface area contributed by atoms with Gasteiger partial charge in [-0.1, -0.05) is 24.3 Å². The standard InChI is InChI=1S/C19H14N2O2S/c22-17-9-7-14-13(16-10-24-11-20-16)6-8-15(18(14)17)21-19(23)12-4-2-1-3-5-12/h1-6,8,10-11H,7,9H2,(H,21,23). The maximum absolute atomic E-state index is 12.4. The summed E-state index contributed by atoms with van der Waals surface area (Å²) in [5, 5.41) is 4.86. The van der Waals surface area contributed by atoms with Crippen molar-refractivity contribution < 1.29 is 9.59 Å². The first-order chi connectivity index (χ1) is 11.7. The molecule has 0 unspecified atom stereocenters. The molecule has 0 radical (unpaired) electrons. The number of fused-ring (bicyclic) bond motifs is 1. The van der Waals surface area contributed by atoms with E-state index in [-0.39, 0.29) is 11.7 Å². The van der Waals surface area contributed by atoms with E-state index < -0.39 is 0 Å². The number of benzene rings is 2. The SMILES string of the molecule is O=C(Nc1ccc(-c2cscn2)c2c1C(=O)CC2)c1ccccc1. The molecule has 4 rings (SSSR count). The van der Waals surface area contributed by atoms with E-state index in [2.05, 4.69) is 10.3 Å². The molecule has 0 spiro atoms. The van der Waals surface area contributed by atoms with Gasteiger partial charge >= 0.3 is 0 Å². The first-order valence-electron chi connectivity index (χ1n) is 7.68. The molecule has 0 aliphatic heterocycles. The van der Waals surface area contributed by atoms with E-state index in [0.29, 0.717) is 29.7 Å². The number of nitrogens with one attached hydrogen (secondary N) is 1. The van der Waals surface area contributed by atoms with Crippen LogP contribution in [0.4, 0.5) is 5.69 Å². The maximum atomic E-state index is 12.4. The monoisotopic (exact) mass is 334 g/mol. The molecule has 4 nitrogen and oxygen atoms in total. The number of hydrogen-bond donors (Lipinski definition) is 1. The molecule has 3 aromatic rings. The molecule has 5 heteroatoms. The van der Waals surface area contributed by atoms with E-state index in [0.717, 1.165) is 16.8 Å². The van der Waals surface area contributed by atoms with Gasteiger partial charge in [-0.05, 0) is 30.2 Å². The summed E-state index contributed by atoms with van der Waals surface area (Å²) in [5.41, 5.74) is 6.41. The number of carbonyl (C=O) groups is 2. The van der Waals surface area contributed by atoms with Crippen LogP contribution in [0.5, 0.6) is 0 Å². The minimum atomic E-state index is -0.209. The molecule has 24 heavy (non-hydrogen) atoms. The molecule has 1 heterocycles. The summed E-state index contributed by atoms with van der Waals surface area (Å²) >= 11 is 1.53. The van der Waals surface area contributed by atoms with E-state index >= 15 is 0 Å². The molecule has 1 aromatic heterocycles. The molecule has 1 amide bonds. The molecule has 0 saturated carbocycles. The first-order valence-corrected chi connectivity index (χ1v) is 8.62. The van der Waals surface area contributed by atoms with Crippen molar-refractivity contribution in [2.24, 2.45) is 0 Å². The average Bonchev–Trinajstić information content (AvgIpc) is 3.27. The Kier molecular flexibility index (Phi) is 3.70. The first kappa shape index (κ1) is 14.8. The Morgan fingerprint density at radius 1 is 1.08 bits per heavy atom. The van der Waals surface area contributed by atoms with E-state index in [9.17, 15) is 9.59 Å². The fourth-order valence-corrected chi connectivity index (χ4v) is 3.62. The van der Waals surface area contributed by atoms with Gasteiger partial charge in [-0.2, -0.15) is 0 Å². The number of hydrogen-bond acceptors (Lipinski definition) is 4. The van der Waals surface area contributed by atoms with Gasteiger partial charge in [-0.3, -0.25) is 9.59 Å². The van der Waals surface area contributed by atoms with E-state index in [1.165, 1.54) is 11.3 Å². The fraction of sp³-hybridized carbons (Fsp3) is 0.105. The number of thiazole rings is 1. The van der Waals surface area contributed by atoms with E-state index in [4.69, 9.17) is 0 Å². The van der Waals surface area contributed by atoms with Gasteiger partial charge in [0, 0.05) is 28.5 Å². The lowest BCUT2D eigenvalue weighted by Crippen LogP contribution is -2.14. The molecule has 118 valence electrons. The predicted molar refractivity (Wildman–Crippen MR) is 94.6 cm³/mol. The second-order valence-corrected chi connectivity index (χ2v) is 6.35. The van der Waals surface area contributed by atoms with Crippen LogP contribution in [0.25, 0.3) is 11.3 Å². The van der Waals surface area contributed by atoms with Crippen LogP contribution in [0, 0.1) is 0 Å². The zero-order valence-corrected chi connectivity index (χ0v) is 13.6. The summed E-state index contributed by atoms with van der Waals surface area (Å²) in [6.45, 7) is 0. The predicted octanol–water partition coefficient (Wildman–Crippen LogP) is 4.19. The summed E-state index contributed by atoms with van der Waals surface area (Å²) in [6, 6.07) is 12.7. The molecule has 0 bridgehead atoms. The van der Waals surface area contributed by atoms with Crippen molar-refractivity contribution in [3.05, 3.63) is 70.0 Å². The highest BCUT2D eigenvalue weighted by Crippen LogP contribution is 2.36. The number of Topliss-reactive ketones (excluding diaryl/α,β-unsaturated/α-hetero) is 1. The van der Waals surface area contributed by atoms with Gasteiger partial charge in [0.25, 0.3) is 5.91 Å². The lowest BCUT2D eigenvalue weighted by Gasteiger charge is -2.12. The molecular formula is C19H14N2O2S. The zero-order valence-electron chi connectivity index (χ0n) is 12.8. The van der Waals surface area contributed by atoms with Crippen molar-refractivity contribution >= 4 is 28.7 Å². The summed E-state index contributed by atoms with van der Waals surface area (Å²) < 4.78 is 0. The Bertz CT molecular complexity index is 918. The molecule has 2 aromatic carbocycles. The topological polar surface area (TPSA) is 59.1 Å². The van der Waals surface area contributed by atoms with E-state index in [1.807, 2.05) is 29.6 Å². The molecule has 0 saturated heterocycles. The van der Waals surface area contributed by atoms with Crippen LogP contribution in [-0.2, 0) is 6.42 Å². The van der Waals surface area contributed by atoms with Crippen molar-refractivity contribution in [1.82, 2.24) is 4.98 Å². The normalized spacial score (nSPS) is 12.9. The van der Waals surface area contributed by atoms with Crippen molar-refractivity contribution in [3.8, 4) is 11.3 Å². The van der Waals surface area contributed by atoms with Gasteiger partial charge in [0.05, 0.1) is 16.9 Å². The van der Waals surface area contributed by atoms with E-state index in [1.54, 1.807) is 23.7 Å². The van der Waals surface area contributed by atoms with Crippen LogP contribution in [0.2, 0.25) is 0 Å². The largest absolute Gasteiger partial charge is 0.321 e. The number of nitrogens with zero attached hydrogens (tertiary/aromatic N) is 1. The molecule has 0 fully saturated rings. The van der Waals surface area contributed by atoms with Gasteiger partial charge in [-0.15, -0.1) is 11.3 Å². The zero-order chi connectivity index (χ0) is 16.5. The van der Waals surface area contributed by atoms with Crippen LogP contribution in [0.3, 0.4) is 0 Å². The second-order valence-electron chi connectivity index (χ2n) is 5.63. The quantitative estimate of drug-likeness (QED) is 0.781. The second kappa shape index (κ2) is 6.02. The maximum Gasteiger partial charge on any atom is 0.255 e. The van der Waals surface area contributed by atoms with Crippen molar-refractivity contribution in [2.45, 2.75) is 12.8 Å². The summed E-state index contributed by atoms with van der Waals surface area (Å²) in [5.74, 6) is -0.135. The molecule has 0 atom stereocenters. The van der Waals surface area contributed by atoms with Crippen LogP contribution in [-0.4, -0.2) is 16.7 Å². The number of rotatable bonds is 3. The Balaban J connectivity index is 1.74. The highest BCUT2D eigenvalue weighted by molar-refractivity contribution is 7.07. The van der Waals surface area contributed by atoms with Crippen LogP contribution in [0.1, 0.15) is 32.7 Å². The molecular weight excluding hydrogens is 320 g/mol. The van der Waals surface area contributed by atoms with Crippen LogP contribution >= 0.6 is 11.3 Å². The number of ketones is 1. The lowest BCUT2D eigenvalue weighted by molar-refractivity contribution is 0.0995. The highest BCUT2D eigenvalue weighted by Gasteiger charge is 2.27. The third kappa shape index (κ3) is 2.53. The Morgan fingerprint density at radius 3 is 2.67 bits per heavy atom. The van der Waals surface area contributed by atoms with Crippen molar-refractivity contribution in [2.75, 3.05) is 5.32 Å². The fourth-order valence-electron chi connectivity index (χ4n) is 3.06.